The lowest BCUT2D eigenvalue weighted by Crippen LogP contribution is -2.09. The summed E-state index contributed by atoms with van der Waals surface area (Å²) < 4.78 is 9.45. The summed E-state index contributed by atoms with van der Waals surface area (Å²) in [6.07, 6.45) is 0. The minimum absolute atomic E-state index is 0.907. The molecular weight excluding hydrogens is 687 g/mol. The highest BCUT2D eigenvalue weighted by molar-refractivity contribution is 7.25. The highest BCUT2D eigenvalue weighted by Crippen LogP contribution is 2.44. The van der Waals surface area contributed by atoms with Crippen molar-refractivity contribution in [2.45, 2.75) is 0 Å². The normalized spacial score (nSPS) is 11.6. The van der Waals surface area contributed by atoms with Crippen LogP contribution in [0.2, 0.25) is 0 Å². The van der Waals surface area contributed by atoms with Crippen molar-refractivity contribution < 1.29 is 4.42 Å². The molecule has 2 aromatic heterocycles. The summed E-state index contributed by atoms with van der Waals surface area (Å²) in [5, 5.41) is 7.17. The van der Waals surface area contributed by atoms with E-state index in [-0.39, 0.29) is 0 Å². The molecule has 9 aromatic carbocycles. The molecule has 0 bridgehead atoms. The Morgan fingerprint density at radius 3 is 1.58 bits per heavy atom. The second-order valence-corrected chi connectivity index (χ2v) is 15.2. The van der Waals surface area contributed by atoms with Gasteiger partial charge in [-0.05, 0) is 81.7 Å². The molecule has 0 radical (unpaired) electrons. The highest BCUT2D eigenvalue weighted by atomic mass is 32.1. The van der Waals surface area contributed by atoms with E-state index in [2.05, 4.69) is 205 Å². The Hall–Kier alpha value is -6.94. The fourth-order valence-electron chi connectivity index (χ4n) is 8.23. The minimum Gasteiger partial charge on any atom is -0.455 e. The van der Waals surface area contributed by atoms with Gasteiger partial charge in [-0.1, -0.05) is 152 Å². The van der Waals surface area contributed by atoms with E-state index in [0.717, 1.165) is 55.5 Å². The van der Waals surface area contributed by atoms with E-state index in [9.17, 15) is 0 Å². The third kappa shape index (κ3) is 5.32. The van der Waals surface area contributed by atoms with Gasteiger partial charge >= 0.3 is 0 Å². The summed E-state index contributed by atoms with van der Waals surface area (Å²) in [6, 6.07) is 72.0. The van der Waals surface area contributed by atoms with E-state index < -0.39 is 0 Å². The fraction of sp³-hybridized carbons (Fsp3) is 0. The number of furan rings is 1. The van der Waals surface area contributed by atoms with Crippen molar-refractivity contribution in [3.8, 4) is 33.4 Å². The maximum absolute atomic E-state index is 6.86. The molecule has 0 spiro atoms. The third-order valence-corrected chi connectivity index (χ3v) is 12.0. The smallest absolute Gasteiger partial charge is 0.143 e. The number of anilines is 3. The van der Waals surface area contributed by atoms with Crippen LogP contribution in [0.1, 0.15) is 0 Å². The van der Waals surface area contributed by atoms with Crippen LogP contribution in [-0.2, 0) is 0 Å². The number of benzene rings is 9. The van der Waals surface area contributed by atoms with E-state index in [1.54, 1.807) is 0 Å². The van der Waals surface area contributed by atoms with E-state index in [1.807, 2.05) is 11.3 Å². The standard InChI is InChI=1S/C52H33NOS/c1-3-12-34(13-4-1)35-22-26-38(27-23-35)53(40-30-31-44-43-17-9-10-21-49(43)55-50(44)32-40)39-28-24-37(25-29-39)41-19-11-20-46-48-33-47(36-14-5-2-6-15-36)42-16-7-8-18-45(42)52(48)54-51(41)46/h1-33H. The van der Waals surface area contributed by atoms with Gasteiger partial charge in [0.25, 0.3) is 0 Å². The molecule has 0 fully saturated rings. The van der Waals surface area contributed by atoms with Crippen LogP contribution >= 0.6 is 11.3 Å². The molecule has 0 amide bonds. The van der Waals surface area contributed by atoms with Crippen LogP contribution in [0.3, 0.4) is 0 Å². The molecule has 0 aliphatic rings. The molecule has 0 N–H and O–H groups in total. The first-order valence-electron chi connectivity index (χ1n) is 18.7. The van der Waals surface area contributed by atoms with Crippen molar-refractivity contribution in [1.29, 1.82) is 0 Å². The second kappa shape index (κ2) is 12.9. The quantitative estimate of drug-likeness (QED) is 0.170. The van der Waals surface area contributed by atoms with Crippen molar-refractivity contribution in [2.75, 3.05) is 4.90 Å². The predicted octanol–water partition coefficient (Wildman–Crippen LogP) is 15.6. The van der Waals surface area contributed by atoms with Crippen molar-refractivity contribution in [3.05, 3.63) is 200 Å². The Labute approximate surface area is 322 Å². The number of thiophene rings is 1. The Bertz CT molecular complexity index is 3180. The lowest BCUT2D eigenvalue weighted by atomic mass is 9.95. The molecule has 3 heteroatoms. The van der Waals surface area contributed by atoms with Crippen LogP contribution < -0.4 is 4.90 Å². The number of fused-ring (bicyclic) bond motifs is 8. The molecule has 0 unspecified atom stereocenters. The minimum atomic E-state index is 0.907. The molecule has 0 atom stereocenters. The van der Waals surface area contributed by atoms with Crippen LogP contribution in [-0.4, -0.2) is 0 Å². The van der Waals surface area contributed by atoms with Crippen molar-refractivity contribution in [2.24, 2.45) is 0 Å². The predicted molar refractivity (Wildman–Crippen MR) is 235 cm³/mol. The summed E-state index contributed by atoms with van der Waals surface area (Å²) >= 11 is 1.85. The van der Waals surface area contributed by atoms with E-state index >= 15 is 0 Å². The molecule has 11 aromatic rings. The van der Waals surface area contributed by atoms with Crippen LogP contribution in [0.25, 0.3) is 86.3 Å². The highest BCUT2D eigenvalue weighted by Gasteiger charge is 2.19. The number of hydrogen-bond acceptors (Lipinski definition) is 3. The zero-order valence-corrected chi connectivity index (χ0v) is 30.6. The van der Waals surface area contributed by atoms with Gasteiger partial charge in [0.15, 0.2) is 0 Å². The Morgan fingerprint density at radius 2 is 0.836 bits per heavy atom. The van der Waals surface area contributed by atoms with Crippen LogP contribution in [0.15, 0.2) is 205 Å². The van der Waals surface area contributed by atoms with Gasteiger partial charge < -0.3 is 9.32 Å². The Kier molecular flexibility index (Phi) is 7.39. The van der Waals surface area contributed by atoms with Gasteiger partial charge in [0.05, 0.1) is 0 Å². The van der Waals surface area contributed by atoms with Crippen LogP contribution in [0, 0.1) is 0 Å². The van der Waals surface area contributed by atoms with Gasteiger partial charge in [0, 0.05) is 59.0 Å². The Balaban J connectivity index is 1.04. The zero-order valence-electron chi connectivity index (χ0n) is 29.8. The van der Waals surface area contributed by atoms with Crippen LogP contribution in [0.5, 0.6) is 0 Å². The molecule has 2 nitrogen and oxygen atoms in total. The van der Waals surface area contributed by atoms with E-state index in [1.165, 1.54) is 47.8 Å². The topological polar surface area (TPSA) is 16.4 Å². The molecule has 0 aliphatic heterocycles. The Morgan fingerprint density at radius 1 is 0.309 bits per heavy atom. The van der Waals surface area contributed by atoms with Gasteiger partial charge in [-0.25, -0.2) is 0 Å². The summed E-state index contributed by atoms with van der Waals surface area (Å²) in [5.74, 6) is 0. The van der Waals surface area contributed by atoms with Gasteiger partial charge in [0.1, 0.15) is 11.2 Å². The zero-order chi connectivity index (χ0) is 36.3. The molecular formula is C52H33NOS. The van der Waals surface area contributed by atoms with Gasteiger partial charge in [0.2, 0.25) is 0 Å². The molecule has 258 valence electrons. The molecule has 11 rings (SSSR count). The lowest BCUT2D eigenvalue weighted by molar-refractivity contribution is 0.674. The lowest BCUT2D eigenvalue weighted by Gasteiger charge is -2.26. The second-order valence-electron chi connectivity index (χ2n) is 14.1. The van der Waals surface area contributed by atoms with Crippen molar-refractivity contribution >= 4 is 81.3 Å². The number of hydrogen-bond donors (Lipinski definition) is 0. The summed E-state index contributed by atoms with van der Waals surface area (Å²) in [7, 11) is 0. The largest absolute Gasteiger partial charge is 0.455 e. The summed E-state index contributed by atoms with van der Waals surface area (Å²) in [4.78, 5) is 2.36. The molecule has 0 aliphatic carbocycles. The molecule has 0 saturated carbocycles. The summed E-state index contributed by atoms with van der Waals surface area (Å²) in [5.41, 5.74) is 12.2. The first-order valence-corrected chi connectivity index (χ1v) is 19.5. The van der Waals surface area contributed by atoms with Crippen molar-refractivity contribution in [1.82, 2.24) is 0 Å². The van der Waals surface area contributed by atoms with Gasteiger partial charge in [-0.15, -0.1) is 11.3 Å². The average Bonchev–Trinajstić information content (AvgIpc) is 3.83. The SMILES string of the molecule is c1ccc(-c2ccc(N(c3ccc(-c4cccc5c4oc4c6ccccc6c(-c6ccccc6)cc54)cc3)c3ccc4c(c3)sc3ccccc34)cc2)cc1. The maximum atomic E-state index is 6.86. The van der Waals surface area contributed by atoms with Crippen molar-refractivity contribution in [3.63, 3.8) is 0 Å². The summed E-state index contributed by atoms with van der Waals surface area (Å²) in [6.45, 7) is 0. The number of nitrogens with zero attached hydrogens (tertiary/aromatic N) is 1. The first-order chi connectivity index (χ1) is 27.3. The van der Waals surface area contributed by atoms with E-state index in [0.29, 0.717) is 0 Å². The molecule has 0 saturated heterocycles. The van der Waals surface area contributed by atoms with E-state index in [4.69, 9.17) is 4.42 Å². The fourth-order valence-corrected chi connectivity index (χ4v) is 9.37. The third-order valence-electron chi connectivity index (χ3n) is 10.9. The number of para-hydroxylation sites is 1. The monoisotopic (exact) mass is 719 g/mol. The number of rotatable bonds is 6. The van der Waals surface area contributed by atoms with Gasteiger partial charge in [-0.2, -0.15) is 0 Å². The molecule has 55 heavy (non-hydrogen) atoms. The first kappa shape index (κ1) is 31.6. The maximum Gasteiger partial charge on any atom is 0.143 e. The van der Waals surface area contributed by atoms with Crippen LogP contribution in [0.4, 0.5) is 17.1 Å². The average molecular weight is 720 g/mol. The molecule has 2 heterocycles. The van der Waals surface area contributed by atoms with Gasteiger partial charge in [-0.3, -0.25) is 0 Å².